The lowest BCUT2D eigenvalue weighted by Crippen LogP contribution is -2.49. The Kier molecular flexibility index (Phi) is 6.55. The third-order valence-electron chi connectivity index (χ3n) is 3.38. The summed E-state index contributed by atoms with van der Waals surface area (Å²) in [6, 6.07) is 3.22. The van der Waals surface area contributed by atoms with Crippen molar-refractivity contribution >= 4 is 23.5 Å². The summed E-state index contributed by atoms with van der Waals surface area (Å²) in [5.41, 5.74) is -0.845. The summed E-state index contributed by atoms with van der Waals surface area (Å²) in [7, 11) is 0. The van der Waals surface area contributed by atoms with E-state index in [0.29, 0.717) is 4.90 Å². The minimum atomic E-state index is -4.54. The molecule has 0 aliphatic heterocycles. The van der Waals surface area contributed by atoms with E-state index in [9.17, 15) is 27.6 Å². The second kappa shape index (κ2) is 8.00. The van der Waals surface area contributed by atoms with Crippen molar-refractivity contribution in [2.75, 3.05) is 11.9 Å². The van der Waals surface area contributed by atoms with Crippen molar-refractivity contribution in [3.8, 4) is 0 Å². The van der Waals surface area contributed by atoms with E-state index in [2.05, 4.69) is 5.32 Å². The van der Waals surface area contributed by atoms with Gasteiger partial charge in [0.15, 0.2) is 0 Å². The van der Waals surface area contributed by atoms with E-state index in [1.807, 2.05) is 0 Å². The van der Waals surface area contributed by atoms with E-state index in [4.69, 9.17) is 5.11 Å². The number of rotatable bonds is 6. The molecular weight excluding hydrogens is 341 g/mol. The lowest BCUT2D eigenvalue weighted by atomic mass is 10.0. The number of nitrogens with zero attached hydrogens (tertiary/aromatic N) is 1. The first-order valence-corrected chi connectivity index (χ1v) is 7.41. The van der Waals surface area contributed by atoms with Crippen molar-refractivity contribution in [1.29, 1.82) is 0 Å². The molecule has 0 radical (unpaired) electrons. The first-order chi connectivity index (χ1) is 11.4. The second-order valence-corrected chi connectivity index (χ2v) is 5.78. The number of amides is 2. The Morgan fingerprint density at radius 2 is 1.84 bits per heavy atom. The number of hydrogen-bond acceptors (Lipinski definition) is 4. The number of imide groups is 1. The number of alkyl halides is 3. The monoisotopic (exact) mass is 360 g/mol. The number of halogens is 3. The minimum Gasteiger partial charge on any atom is -0.480 e. The number of benzene rings is 1. The molecule has 0 saturated carbocycles. The summed E-state index contributed by atoms with van der Waals surface area (Å²) >= 11 is 0. The summed E-state index contributed by atoms with van der Waals surface area (Å²) in [6.45, 7) is 3.48. The predicted octanol–water partition coefficient (Wildman–Crippen LogP) is 2.60. The lowest BCUT2D eigenvalue weighted by molar-refractivity contribution is -0.152. The molecule has 1 rings (SSSR count). The zero-order valence-electron chi connectivity index (χ0n) is 13.9. The average molecular weight is 360 g/mol. The van der Waals surface area contributed by atoms with Crippen molar-refractivity contribution in [1.82, 2.24) is 4.90 Å². The molecule has 6 nitrogen and oxygen atoms in total. The number of nitrogens with one attached hydrogen (secondary N) is 1. The molecule has 0 heterocycles. The Balaban J connectivity index is 3.10. The number of carboxylic acids is 1. The van der Waals surface area contributed by atoms with Crippen LogP contribution in [0, 0.1) is 5.92 Å². The molecule has 1 aromatic carbocycles. The van der Waals surface area contributed by atoms with Gasteiger partial charge in [-0.15, -0.1) is 0 Å². The summed E-state index contributed by atoms with van der Waals surface area (Å²) in [5, 5.41) is 11.5. The third kappa shape index (κ3) is 5.77. The number of aliphatic carboxylic acids is 1. The van der Waals surface area contributed by atoms with Crippen LogP contribution >= 0.6 is 0 Å². The van der Waals surface area contributed by atoms with Gasteiger partial charge in [-0.1, -0.05) is 19.9 Å². The van der Waals surface area contributed by atoms with Gasteiger partial charge in [-0.25, -0.2) is 0 Å². The molecule has 0 bridgehead atoms. The maximum atomic E-state index is 12.8. The number of carboxylic acid groups (broad SMARTS) is 1. The Morgan fingerprint density at radius 3 is 2.28 bits per heavy atom. The van der Waals surface area contributed by atoms with E-state index in [1.165, 1.54) is 12.1 Å². The average Bonchev–Trinajstić information content (AvgIpc) is 2.48. The van der Waals surface area contributed by atoms with E-state index in [0.717, 1.165) is 19.1 Å². The van der Waals surface area contributed by atoms with Gasteiger partial charge in [0, 0.05) is 12.6 Å². The van der Waals surface area contributed by atoms with E-state index in [-0.39, 0.29) is 5.69 Å². The lowest BCUT2D eigenvalue weighted by Gasteiger charge is -2.27. The fourth-order valence-corrected chi connectivity index (χ4v) is 2.13. The van der Waals surface area contributed by atoms with Crippen molar-refractivity contribution in [2.45, 2.75) is 33.0 Å². The smallest absolute Gasteiger partial charge is 0.416 e. The zero-order chi connectivity index (χ0) is 19.4. The van der Waals surface area contributed by atoms with Gasteiger partial charge in [0.2, 0.25) is 5.91 Å². The highest BCUT2D eigenvalue weighted by molar-refractivity contribution is 6.00. The van der Waals surface area contributed by atoms with Crippen molar-refractivity contribution < 1.29 is 32.7 Å². The molecule has 0 aliphatic rings. The van der Waals surface area contributed by atoms with Gasteiger partial charge in [0.1, 0.15) is 12.6 Å². The molecule has 138 valence electrons. The third-order valence-corrected chi connectivity index (χ3v) is 3.38. The second-order valence-electron chi connectivity index (χ2n) is 5.78. The number of hydrogen-bond donors (Lipinski definition) is 2. The van der Waals surface area contributed by atoms with Crippen LogP contribution < -0.4 is 5.32 Å². The largest absolute Gasteiger partial charge is 0.480 e. The first-order valence-electron chi connectivity index (χ1n) is 7.41. The Bertz CT molecular complexity index is 659. The first kappa shape index (κ1) is 20.5. The Hall–Kier alpha value is -2.58. The van der Waals surface area contributed by atoms with E-state index in [1.54, 1.807) is 13.8 Å². The highest BCUT2D eigenvalue weighted by Crippen LogP contribution is 2.31. The van der Waals surface area contributed by atoms with Gasteiger partial charge in [0.25, 0.3) is 5.91 Å². The molecule has 0 aliphatic carbocycles. The van der Waals surface area contributed by atoms with Gasteiger partial charge in [-0.3, -0.25) is 19.3 Å². The summed E-state index contributed by atoms with van der Waals surface area (Å²) < 4.78 is 38.4. The van der Waals surface area contributed by atoms with E-state index >= 15 is 0 Å². The molecule has 25 heavy (non-hydrogen) atoms. The Morgan fingerprint density at radius 1 is 1.24 bits per heavy atom. The number of carbonyl (C=O) groups is 3. The quantitative estimate of drug-likeness (QED) is 0.814. The van der Waals surface area contributed by atoms with Gasteiger partial charge in [-0.05, 0) is 24.1 Å². The molecule has 9 heteroatoms. The van der Waals surface area contributed by atoms with Gasteiger partial charge >= 0.3 is 12.1 Å². The fourth-order valence-electron chi connectivity index (χ4n) is 2.13. The summed E-state index contributed by atoms with van der Waals surface area (Å²) in [4.78, 5) is 35.4. The SMILES string of the molecule is CC(=O)N(CC(=O)O)C(=O)C(Nc1cccc(C(F)(F)F)c1)C(C)C. The zero-order valence-corrected chi connectivity index (χ0v) is 13.9. The van der Waals surface area contributed by atoms with Crippen LogP contribution in [0.15, 0.2) is 24.3 Å². The topological polar surface area (TPSA) is 86.7 Å². The van der Waals surface area contributed by atoms with Gasteiger partial charge in [0.05, 0.1) is 5.56 Å². The van der Waals surface area contributed by atoms with Crippen LogP contribution in [0.2, 0.25) is 0 Å². The van der Waals surface area contributed by atoms with Crippen LogP contribution in [0.4, 0.5) is 18.9 Å². The molecule has 0 aromatic heterocycles. The molecule has 1 unspecified atom stereocenters. The molecule has 1 aromatic rings. The Labute approximate surface area is 142 Å². The minimum absolute atomic E-state index is 0.0423. The molecule has 0 fully saturated rings. The number of anilines is 1. The molecule has 0 spiro atoms. The predicted molar refractivity (Wildman–Crippen MR) is 83.7 cm³/mol. The normalized spacial score (nSPS) is 12.6. The van der Waals surface area contributed by atoms with Crippen molar-refractivity contribution in [3.05, 3.63) is 29.8 Å². The molecule has 2 amide bonds. The van der Waals surface area contributed by atoms with Gasteiger partial charge < -0.3 is 10.4 Å². The molecule has 0 saturated heterocycles. The van der Waals surface area contributed by atoms with Crippen molar-refractivity contribution in [3.63, 3.8) is 0 Å². The van der Waals surface area contributed by atoms with Crippen LogP contribution in [0.1, 0.15) is 26.3 Å². The van der Waals surface area contributed by atoms with Gasteiger partial charge in [-0.2, -0.15) is 13.2 Å². The number of carbonyl (C=O) groups excluding carboxylic acids is 2. The van der Waals surface area contributed by atoms with E-state index < -0.39 is 48.0 Å². The van der Waals surface area contributed by atoms with Crippen LogP contribution in [0.3, 0.4) is 0 Å². The standard InChI is InChI=1S/C16H19F3N2O4/c1-9(2)14(15(25)21(10(3)22)8-13(23)24)20-12-6-4-5-11(7-12)16(17,18)19/h4-7,9,14,20H,8H2,1-3H3,(H,23,24). The molecule has 2 N–H and O–H groups in total. The van der Waals surface area contributed by atoms with Crippen molar-refractivity contribution in [2.24, 2.45) is 5.92 Å². The highest BCUT2D eigenvalue weighted by Gasteiger charge is 2.33. The molecule has 1 atom stereocenters. The fraction of sp³-hybridized carbons (Fsp3) is 0.438. The maximum absolute atomic E-state index is 12.8. The van der Waals surface area contributed by atoms with Crippen LogP contribution in [-0.4, -0.2) is 40.4 Å². The van der Waals surface area contributed by atoms with Crippen LogP contribution in [0.25, 0.3) is 0 Å². The highest BCUT2D eigenvalue weighted by atomic mass is 19.4. The molecular formula is C16H19F3N2O4. The van der Waals surface area contributed by atoms with Crippen LogP contribution in [0.5, 0.6) is 0 Å². The summed E-state index contributed by atoms with van der Waals surface area (Å²) in [5.74, 6) is -3.35. The summed E-state index contributed by atoms with van der Waals surface area (Å²) in [6.07, 6.45) is -4.54. The maximum Gasteiger partial charge on any atom is 0.416 e. The van der Waals surface area contributed by atoms with Crippen LogP contribution in [-0.2, 0) is 20.6 Å².